The first-order valence-corrected chi connectivity index (χ1v) is 28.4. The van der Waals surface area contributed by atoms with Crippen molar-refractivity contribution in [2.75, 3.05) is 65.4 Å². The second-order valence-corrected chi connectivity index (χ2v) is 19.4. The Hall–Kier alpha value is -1.95. The molecule has 1 atom stereocenters. The van der Waals surface area contributed by atoms with Crippen LogP contribution in [0.2, 0.25) is 0 Å². The predicted molar refractivity (Wildman–Crippen MR) is 284 cm³/mol. The number of nitrogens with two attached hydrogens (primary N) is 3. The molecule has 0 aliphatic rings. The molecule has 10 N–H and O–H groups in total. The Balaban J connectivity index is 4.86. The van der Waals surface area contributed by atoms with Crippen molar-refractivity contribution < 1.29 is 9.59 Å². The van der Waals surface area contributed by atoms with E-state index in [4.69, 9.17) is 17.2 Å². The summed E-state index contributed by atoms with van der Waals surface area (Å²) in [5.74, 6) is -0.0339. The van der Waals surface area contributed by atoms with Crippen LogP contribution in [0, 0.1) is 0 Å². The molecule has 65 heavy (non-hydrogen) atoms. The van der Waals surface area contributed by atoms with Crippen molar-refractivity contribution in [3.05, 3.63) is 0 Å². The Morgan fingerprint density at radius 3 is 1.18 bits per heavy atom. The number of guanidine groups is 1. The average Bonchev–Trinajstić information content (AvgIpc) is 3.30. The maximum absolute atomic E-state index is 14.3. The van der Waals surface area contributed by atoms with Crippen LogP contribution in [0.1, 0.15) is 258 Å². The zero-order valence-electron chi connectivity index (χ0n) is 43.5. The Morgan fingerprint density at radius 1 is 0.446 bits per heavy atom. The van der Waals surface area contributed by atoms with Crippen molar-refractivity contribution in [3.8, 4) is 0 Å². The third-order valence-electron chi connectivity index (χ3n) is 13.0. The summed E-state index contributed by atoms with van der Waals surface area (Å²) in [6.07, 6.45) is 48.0. The van der Waals surface area contributed by atoms with E-state index < -0.39 is 6.04 Å². The van der Waals surface area contributed by atoms with Crippen molar-refractivity contribution in [1.29, 1.82) is 0 Å². The van der Waals surface area contributed by atoms with Gasteiger partial charge >= 0.3 is 0 Å². The zero-order chi connectivity index (χ0) is 47.4. The molecular weight excluding hydrogens is 807 g/mol. The normalized spacial score (nSPS) is 11.9. The maximum atomic E-state index is 14.3. The topological polar surface area (TPSA) is 176 Å². The Kier molecular flexibility index (Phi) is 51.4. The molecule has 386 valence electrons. The van der Waals surface area contributed by atoms with Crippen molar-refractivity contribution in [1.82, 2.24) is 26.2 Å². The summed E-state index contributed by atoms with van der Waals surface area (Å²) in [5.41, 5.74) is 16.8. The fourth-order valence-corrected chi connectivity index (χ4v) is 8.78. The van der Waals surface area contributed by atoms with E-state index in [1.807, 2.05) is 0 Å². The molecule has 1 unspecified atom stereocenters. The molecule has 0 aromatic heterocycles. The van der Waals surface area contributed by atoms with Crippen molar-refractivity contribution in [3.63, 3.8) is 0 Å². The van der Waals surface area contributed by atoms with Crippen LogP contribution in [0.15, 0.2) is 4.99 Å². The summed E-state index contributed by atoms with van der Waals surface area (Å²) in [5, 5.41) is 13.3. The van der Waals surface area contributed by atoms with Gasteiger partial charge in [0.25, 0.3) is 0 Å². The van der Waals surface area contributed by atoms with Crippen LogP contribution in [0.25, 0.3) is 0 Å². The molecule has 0 aliphatic carbocycles. The van der Waals surface area contributed by atoms with Crippen molar-refractivity contribution in [2.24, 2.45) is 22.2 Å². The lowest BCUT2D eigenvalue weighted by atomic mass is 10.0. The molecule has 11 heteroatoms. The molecule has 0 aliphatic heterocycles. The number of rotatable bonds is 54. The summed E-state index contributed by atoms with van der Waals surface area (Å²) in [6.45, 7) is 12.1. The number of carbonyl (C=O) groups excluding carboxylic acids is 2. The number of nitrogens with one attached hydrogen (secondary N) is 4. The van der Waals surface area contributed by atoms with Gasteiger partial charge in [-0.05, 0) is 90.6 Å². The van der Waals surface area contributed by atoms with E-state index in [9.17, 15) is 9.59 Å². The fraction of sp³-hybridized carbons (Fsp3) is 0.944. The van der Waals surface area contributed by atoms with Crippen LogP contribution in [-0.4, -0.2) is 94.2 Å². The maximum Gasteiger partial charge on any atom is 0.245 e. The van der Waals surface area contributed by atoms with Gasteiger partial charge < -0.3 is 43.4 Å². The third kappa shape index (κ3) is 48.3. The lowest BCUT2D eigenvalue weighted by Crippen LogP contribution is -2.51. The van der Waals surface area contributed by atoms with E-state index in [1.54, 1.807) is 0 Å². The van der Waals surface area contributed by atoms with E-state index in [1.165, 1.54) is 180 Å². The minimum absolute atomic E-state index is 0.0451. The fourth-order valence-electron chi connectivity index (χ4n) is 8.78. The molecule has 11 nitrogen and oxygen atoms in total. The molecule has 2 amide bonds. The first-order chi connectivity index (χ1) is 32.0. The second kappa shape index (κ2) is 53.0. The summed E-state index contributed by atoms with van der Waals surface area (Å²) in [6, 6.07) is -0.577. The molecule has 0 rings (SSSR count). The van der Waals surface area contributed by atoms with Gasteiger partial charge in [-0.25, -0.2) is 0 Å². The molecular formula is C54H113N9O2. The number of carbonyl (C=O) groups is 2. The zero-order valence-corrected chi connectivity index (χ0v) is 43.5. The van der Waals surface area contributed by atoms with E-state index in [2.05, 4.69) is 45.0 Å². The van der Waals surface area contributed by atoms with Crippen LogP contribution < -0.4 is 38.5 Å². The van der Waals surface area contributed by atoms with Crippen LogP contribution >= 0.6 is 0 Å². The predicted octanol–water partition coefficient (Wildman–Crippen LogP) is 11.2. The van der Waals surface area contributed by atoms with E-state index in [0.29, 0.717) is 19.4 Å². The van der Waals surface area contributed by atoms with Crippen LogP contribution in [0.3, 0.4) is 0 Å². The van der Waals surface area contributed by atoms with Gasteiger partial charge in [0, 0.05) is 19.6 Å². The van der Waals surface area contributed by atoms with Gasteiger partial charge in [0.15, 0.2) is 5.96 Å². The summed E-state index contributed by atoms with van der Waals surface area (Å²) < 4.78 is 0. The number of hydrogen-bond acceptors (Lipinski definition) is 7. The first-order valence-electron chi connectivity index (χ1n) is 28.4. The molecule has 0 heterocycles. The number of nitrogens with zero attached hydrogens (tertiary/aromatic N) is 2. The van der Waals surface area contributed by atoms with Gasteiger partial charge in [-0.3, -0.25) is 14.6 Å². The average molecular weight is 921 g/mol. The largest absolute Gasteiger partial charge is 0.370 e. The van der Waals surface area contributed by atoms with Crippen LogP contribution in [0.5, 0.6) is 0 Å². The molecule has 0 radical (unpaired) electrons. The van der Waals surface area contributed by atoms with Crippen LogP contribution in [-0.2, 0) is 9.59 Å². The minimum atomic E-state index is -0.577. The Bertz CT molecular complexity index is 977. The van der Waals surface area contributed by atoms with Gasteiger partial charge in [0.05, 0.1) is 6.54 Å². The van der Waals surface area contributed by atoms with Gasteiger partial charge in [-0.2, -0.15) is 0 Å². The summed E-state index contributed by atoms with van der Waals surface area (Å²) >= 11 is 0. The second-order valence-electron chi connectivity index (χ2n) is 19.4. The quantitative estimate of drug-likeness (QED) is 0.0179. The monoisotopic (exact) mass is 920 g/mol. The van der Waals surface area contributed by atoms with Crippen molar-refractivity contribution >= 4 is 17.8 Å². The number of amides is 2. The van der Waals surface area contributed by atoms with E-state index in [0.717, 1.165) is 104 Å². The molecule has 0 bridgehead atoms. The highest BCUT2D eigenvalue weighted by atomic mass is 16.2. The molecule has 0 saturated carbocycles. The van der Waals surface area contributed by atoms with Gasteiger partial charge in [0.1, 0.15) is 6.04 Å². The standard InChI is InChI=1S/C54H113N9O2/c1-3-5-7-9-11-13-15-17-19-21-23-25-27-29-31-35-48-63(49-36-32-30-28-26-24-22-20-18-16-14-12-10-8-6-4-2)53(65)51(40-37-47-61-54(56)57)62-52(64)50-60-46-39-45-59-43-34-33-42-58-44-38-41-55/h51,58-60H,3-50,55H2,1-2H3,(H,62,64)(H4,56,57,61). The van der Waals surface area contributed by atoms with Crippen LogP contribution in [0.4, 0.5) is 0 Å². The Labute approximate surface area is 403 Å². The van der Waals surface area contributed by atoms with Crippen molar-refractivity contribution in [2.45, 2.75) is 264 Å². The van der Waals surface area contributed by atoms with Gasteiger partial charge in [-0.1, -0.05) is 206 Å². The summed E-state index contributed by atoms with van der Waals surface area (Å²) in [4.78, 5) is 33.7. The lowest BCUT2D eigenvalue weighted by Gasteiger charge is -2.28. The minimum Gasteiger partial charge on any atom is -0.370 e. The highest BCUT2D eigenvalue weighted by Crippen LogP contribution is 2.17. The molecule has 0 spiro atoms. The highest BCUT2D eigenvalue weighted by Gasteiger charge is 2.25. The third-order valence-corrected chi connectivity index (χ3v) is 13.0. The molecule has 0 aromatic rings. The van der Waals surface area contributed by atoms with E-state index >= 15 is 0 Å². The van der Waals surface area contributed by atoms with Gasteiger partial charge in [-0.15, -0.1) is 0 Å². The molecule has 0 aromatic carbocycles. The Morgan fingerprint density at radius 2 is 0.800 bits per heavy atom. The SMILES string of the molecule is CCCCCCCCCCCCCCCCCCN(CCCCCCCCCCCCCCCCCC)C(=O)C(CCCN=C(N)N)NC(=O)CNCCCNCCCCNCCCN. The molecule has 0 fully saturated rings. The number of unbranched alkanes of at least 4 members (excludes halogenated alkanes) is 31. The first kappa shape index (κ1) is 63.0. The lowest BCUT2D eigenvalue weighted by molar-refractivity contribution is -0.136. The van der Waals surface area contributed by atoms with Gasteiger partial charge in [0.2, 0.25) is 11.8 Å². The molecule has 0 saturated heterocycles. The smallest absolute Gasteiger partial charge is 0.245 e. The number of hydrogen-bond donors (Lipinski definition) is 7. The highest BCUT2D eigenvalue weighted by molar-refractivity contribution is 5.88. The van der Waals surface area contributed by atoms with E-state index in [-0.39, 0.29) is 24.3 Å². The summed E-state index contributed by atoms with van der Waals surface area (Å²) in [7, 11) is 0. The number of aliphatic imine (C=N–C) groups is 1.